The minimum Gasteiger partial charge on any atom is -0.494 e. The first-order valence-electron chi connectivity index (χ1n) is 8.85. The third-order valence-electron chi connectivity index (χ3n) is 3.77. The molecule has 0 saturated carbocycles. The van der Waals surface area contributed by atoms with Crippen molar-refractivity contribution in [1.82, 2.24) is 10.6 Å². The van der Waals surface area contributed by atoms with Gasteiger partial charge in [0.15, 0.2) is 0 Å². The molecule has 0 aliphatic rings. The molecule has 6 heteroatoms. The van der Waals surface area contributed by atoms with E-state index < -0.39 is 6.04 Å². The molecule has 2 unspecified atom stereocenters. The Morgan fingerprint density at radius 3 is 2.44 bits per heavy atom. The number of hydrogen-bond donors (Lipinski definition) is 3. The maximum absolute atomic E-state index is 12.5. The van der Waals surface area contributed by atoms with Crippen LogP contribution in [0.4, 0.5) is 0 Å². The zero-order chi connectivity index (χ0) is 18.8. The van der Waals surface area contributed by atoms with Crippen molar-refractivity contribution in [2.24, 2.45) is 11.7 Å². The number of ether oxygens (including phenoxy) is 1. The molecule has 0 heterocycles. The van der Waals surface area contributed by atoms with E-state index in [-0.39, 0.29) is 24.3 Å². The lowest BCUT2D eigenvalue weighted by atomic mass is 10.0. The van der Waals surface area contributed by atoms with Crippen LogP contribution in [0.3, 0.4) is 0 Å². The Morgan fingerprint density at radius 2 is 1.88 bits per heavy atom. The van der Waals surface area contributed by atoms with Crippen molar-refractivity contribution in [2.75, 3.05) is 13.2 Å². The SMILES string of the molecule is CCOc1ccccc1C(CC(=O)NC(CN)CC(C)C)NC(C)=O. The number of benzene rings is 1. The fraction of sp³-hybridized carbons (Fsp3) is 0.579. The first-order valence-corrected chi connectivity index (χ1v) is 8.85. The monoisotopic (exact) mass is 349 g/mol. The minimum absolute atomic E-state index is 0.0624. The van der Waals surface area contributed by atoms with E-state index >= 15 is 0 Å². The van der Waals surface area contributed by atoms with Gasteiger partial charge in [-0.05, 0) is 25.3 Å². The summed E-state index contributed by atoms with van der Waals surface area (Å²) < 4.78 is 5.63. The van der Waals surface area contributed by atoms with E-state index in [2.05, 4.69) is 24.5 Å². The average molecular weight is 349 g/mol. The molecule has 0 aromatic heterocycles. The first kappa shape index (κ1) is 21.0. The van der Waals surface area contributed by atoms with E-state index in [4.69, 9.17) is 10.5 Å². The van der Waals surface area contributed by atoms with Gasteiger partial charge in [-0.2, -0.15) is 0 Å². The van der Waals surface area contributed by atoms with Crippen LogP contribution in [0.1, 0.15) is 52.1 Å². The van der Waals surface area contributed by atoms with Crippen molar-refractivity contribution >= 4 is 11.8 Å². The summed E-state index contributed by atoms with van der Waals surface area (Å²) in [6, 6.07) is 6.93. The minimum atomic E-state index is -0.447. The second kappa shape index (κ2) is 10.7. The van der Waals surface area contributed by atoms with Gasteiger partial charge >= 0.3 is 0 Å². The Bertz CT molecular complexity index is 561. The second-order valence-corrected chi connectivity index (χ2v) is 6.56. The Morgan fingerprint density at radius 1 is 1.20 bits per heavy atom. The Labute approximate surface area is 150 Å². The van der Waals surface area contributed by atoms with Crippen LogP contribution in [0.2, 0.25) is 0 Å². The molecule has 6 nitrogen and oxygen atoms in total. The van der Waals surface area contributed by atoms with E-state index in [1.165, 1.54) is 6.92 Å². The molecule has 0 aliphatic heterocycles. The topological polar surface area (TPSA) is 93.4 Å². The van der Waals surface area contributed by atoms with Crippen LogP contribution in [0.15, 0.2) is 24.3 Å². The lowest BCUT2D eigenvalue weighted by Gasteiger charge is -2.23. The highest BCUT2D eigenvalue weighted by Gasteiger charge is 2.22. The second-order valence-electron chi connectivity index (χ2n) is 6.56. The summed E-state index contributed by atoms with van der Waals surface area (Å²) in [4.78, 5) is 24.1. The third-order valence-corrected chi connectivity index (χ3v) is 3.77. The van der Waals surface area contributed by atoms with Gasteiger partial charge in [-0.3, -0.25) is 9.59 Å². The highest BCUT2D eigenvalue weighted by atomic mass is 16.5. The fourth-order valence-electron chi connectivity index (χ4n) is 2.79. The molecule has 2 atom stereocenters. The Balaban J connectivity index is 2.89. The summed E-state index contributed by atoms with van der Waals surface area (Å²) in [6.07, 6.45) is 0.959. The Hall–Kier alpha value is -2.08. The molecular weight excluding hydrogens is 318 g/mol. The van der Waals surface area contributed by atoms with Crippen molar-refractivity contribution in [2.45, 2.75) is 52.6 Å². The maximum Gasteiger partial charge on any atom is 0.222 e. The molecule has 140 valence electrons. The van der Waals surface area contributed by atoms with E-state index in [9.17, 15) is 9.59 Å². The average Bonchev–Trinajstić information content (AvgIpc) is 2.53. The molecule has 0 fully saturated rings. The summed E-state index contributed by atoms with van der Waals surface area (Å²) >= 11 is 0. The molecule has 0 radical (unpaired) electrons. The van der Waals surface area contributed by atoms with Crippen LogP contribution in [0.25, 0.3) is 0 Å². The van der Waals surface area contributed by atoms with Gasteiger partial charge in [0.05, 0.1) is 19.1 Å². The van der Waals surface area contributed by atoms with Gasteiger partial charge in [0.2, 0.25) is 11.8 Å². The molecule has 25 heavy (non-hydrogen) atoms. The highest BCUT2D eigenvalue weighted by molar-refractivity contribution is 5.79. The molecule has 1 rings (SSSR count). The van der Waals surface area contributed by atoms with Gasteiger partial charge in [-0.25, -0.2) is 0 Å². The van der Waals surface area contributed by atoms with Crippen LogP contribution < -0.4 is 21.1 Å². The van der Waals surface area contributed by atoms with Crippen molar-refractivity contribution in [3.8, 4) is 5.75 Å². The van der Waals surface area contributed by atoms with E-state index in [0.29, 0.717) is 24.8 Å². The van der Waals surface area contributed by atoms with E-state index in [0.717, 1.165) is 12.0 Å². The summed E-state index contributed by atoms with van der Waals surface area (Å²) in [6.45, 7) is 8.43. The van der Waals surface area contributed by atoms with Gasteiger partial charge < -0.3 is 21.1 Å². The summed E-state index contributed by atoms with van der Waals surface area (Å²) in [5.74, 6) is 0.788. The molecule has 1 aromatic carbocycles. The maximum atomic E-state index is 12.5. The number of hydrogen-bond acceptors (Lipinski definition) is 4. The molecule has 2 amide bonds. The third kappa shape index (κ3) is 7.56. The van der Waals surface area contributed by atoms with Crippen LogP contribution in [-0.2, 0) is 9.59 Å². The zero-order valence-corrected chi connectivity index (χ0v) is 15.7. The molecular formula is C19H31N3O3. The first-order chi connectivity index (χ1) is 11.9. The predicted octanol–water partition coefficient (Wildman–Crippen LogP) is 2.14. The quantitative estimate of drug-likeness (QED) is 0.603. The van der Waals surface area contributed by atoms with Crippen molar-refractivity contribution < 1.29 is 14.3 Å². The standard InChI is InChI=1S/C19H31N3O3/c1-5-25-18-9-7-6-8-16(18)17(21-14(4)23)11-19(24)22-15(12-20)10-13(2)3/h6-9,13,15,17H,5,10-12,20H2,1-4H3,(H,21,23)(H,22,24). The predicted molar refractivity (Wildman–Crippen MR) is 99.2 cm³/mol. The largest absolute Gasteiger partial charge is 0.494 e. The van der Waals surface area contributed by atoms with Crippen LogP contribution in [0, 0.1) is 5.92 Å². The molecule has 0 bridgehead atoms. The van der Waals surface area contributed by atoms with Crippen LogP contribution in [-0.4, -0.2) is 31.0 Å². The number of amides is 2. The number of para-hydroxylation sites is 1. The van der Waals surface area contributed by atoms with Crippen LogP contribution >= 0.6 is 0 Å². The number of carbonyl (C=O) groups is 2. The van der Waals surface area contributed by atoms with Gasteiger partial charge in [-0.15, -0.1) is 0 Å². The van der Waals surface area contributed by atoms with Gasteiger partial charge in [-0.1, -0.05) is 32.0 Å². The zero-order valence-electron chi connectivity index (χ0n) is 15.7. The van der Waals surface area contributed by atoms with Crippen molar-refractivity contribution in [3.63, 3.8) is 0 Å². The lowest BCUT2D eigenvalue weighted by Crippen LogP contribution is -2.42. The van der Waals surface area contributed by atoms with Gasteiger partial charge in [0.25, 0.3) is 0 Å². The number of rotatable bonds is 10. The molecule has 4 N–H and O–H groups in total. The normalized spacial score (nSPS) is 13.2. The van der Waals surface area contributed by atoms with Crippen molar-refractivity contribution in [3.05, 3.63) is 29.8 Å². The Kier molecular flexibility index (Phi) is 8.99. The van der Waals surface area contributed by atoms with E-state index in [1.807, 2.05) is 31.2 Å². The summed E-state index contributed by atoms with van der Waals surface area (Å²) in [7, 11) is 0. The number of nitrogens with two attached hydrogens (primary N) is 1. The molecule has 0 spiro atoms. The van der Waals surface area contributed by atoms with Crippen molar-refractivity contribution in [1.29, 1.82) is 0 Å². The summed E-state index contributed by atoms with van der Waals surface area (Å²) in [5, 5.41) is 5.81. The van der Waals surface area contributed by atoms with Gasteiger partial charge in [0, 0.05) is 25.1 Å². The van der Waals surface area contributed by atoms with E-state index in [1.54, 1.807) is 0 Å². The summed E-state index contributed by atoms with van der Waals surface area (Å²) in [5.41, 5.74) is 6.55. The molecule has 0 aliphatic carbocycles. The number of carbonyl (C=O) groups excluding carboxylic acids is 2. The van der Waals surface area contributed by atoms with Gasteiger partial charge in [0.1, 0.15) is 5.75 Å². The van der Waals surface area contributed by atoms with Crippen LogP contribution in [0.5, 0.6) is 5.75 Å². The fourth-order valence-corrected chi connectivity index (χ4v) is 2.79. The molecule has 0 saturated heterocycles. The molecule has 1 aromatic rings. The number of nitrogens with one attached hydrogen (secondary N) is 2. The highest BCUT2D eigenvalue weighted by Crippen LogP contribution is 2.27. The lowest BCUT2D eigenvalue weighted by molar-refractivity contribution is -0.123. The smallest absolute Gasteiger partial charge is 0.222 e.